The molecule has 0 saturated carbocycles. The van der Waals surface area contributed by atoms with E-state index in [9.17, 15) is 13.2 Å². The molecule has 0 spiro atoms. The first kappa shape index (κ1) is 16.5. The first-order valence-corrected chi connectivity index (χ1v) is 7.00. The summed E-state index contributed by atoms with van der Waals surface area (Å²) in [6.07, 6.45) is -3.64. The Morgan fingerprint density at radius 1 is 1.18 bits per heavy atom. The fourth-order valence-electron chi connectivity index (χ4n) is 1.99. The van der Waals surface area contributed by atoms with Gasteiger partial charge in [0.25, 0.3) is 0 Å². The fourth-order valence-corrected chi connectivity index (χ4v) is 1.99. The van der Waals surface area contributed by atoms with Gasteiger partial charge in [-0.3, -0.25) is 4.90 Å². The third kappa shape index (κ3) is 3.85. The van der Waals surface area contributed by atoms with Crippen LogP contribution in [0.2, 0.25) is 0 Å². The van der Waals surface area contributed by atoms with Gasteiger partial charge in [-0.05, 0) is 31.7 Å². The van der Waals surface area contributed by atoms with E-state index >= 15 is 0 Å². The highest BCUT2D eigenvalue weighted by Gasteiger charge is 2.30. The molecule has 0 bridgehead atoms. The highest BCUT2D eigenvalue weighted by Crippen LogP contribution is 2.29. The molecule has 0 aliphatic carbocycles. The molecule has 0 radical (unpaired) electrons. The number of halogens is 3. The van der Waals surface area contributed by atoms with Gasteiger partial charge in [0.1, 0.15) is 0 Å². The number of aryl methyl sites for hydroxylation is 1. The lowest BCUT2D eigenvalue weighted by molar-refractivity contribution is -0.137. The summed E-state index contributed by atoms with van der Waals surface area (Å²) >= 11 is 0. The van der Waals surface area contributed by atoms with Gasteiger partial charge < -0.3 is 4.42 Å². The maximum absolute atomic E-state index is 12.5. The Kier molecular flexibility index (Phi) is 4.85. The normalized spacial score (nSPS) is 13.6. The standard InChI is InChI=1S/C15H18F3N3O/c1-4-13-19-20-14(22-13)10(2)21(3)9-11-5-7-12(8-6-11)15(16,17)18/h5-8,10H,4,9H2,1-3H3/t10-/m0/s1. The van der Waals surface area contributed by atoms with Crippen molar-refractivity contribution < 1.29 is 17.6 Å². The predicted octanol–water partition coefficient (Wildman–Crippen LogP) is 3.84. The number of hydrogen-bond acceptors (Lipinski definition) is 4. The van der Waals surface area contributed by atoms with Crippen LogP contribution in [-0.4, -0.2) is 22.1 Å². The predicted molar refractivity (Wildman–Crippen MR) is 75.0 cm³/mol. The smallest absolute Gasteiger partial charge is 0.416 e. The van der Waals surface area contributed by atoms with Crippen molar-refractivity contribution in [3.63, 3.8) is 0 Å². The van der Waals surface area contributed by atoms with E-state index in [0.717, 1.165) is 17.7 Å². The summed E-state index contributed by atoms with van der Waals surface area (Å²) in [5.41, 5.74) is 0.147. The van der Waals surface area contributed by atoms with Crippen molar-refractivity contribution in [3.05, 3.63) is 47.2 Å². The maximum Gasteiger partial charge on any atom is 0.416 e. The molecule has 0 aliphatic rings. The summed E-state index contributed by atoms with van der Waals surface area (Å²) in [4.78, 5) is 1.94. The third-order valence-corrected chi connectivity index (χ3v) is 3.52. The SMILES string of the molecule is CCc1nnc([C@H](C)N(C)Cc2ccc(C(F)(F)F)cc2)o1. The van der Waals surface area contributed by atoms with Gasteiger partial charge in [0.05, 0.1) is 11.6 Å². The molecule has 1 atom stereocenters. The molecule has 0 unspecified atom stereocenters. The van der Waals surface area contributed by atoms with Crippen molar-refractivity contribution in [2.45, 2.75) is 39.0 Å². The first-order chi connectivity index (χ1) is 10.3. The number of alkyl halides is 3. The zero-order valence-corrected chi connectivity index (χ0v) is 12.7. The van der Waals surface area contributed by atoms with Crippen LogP contribution in [0.4, 0.5) is 13.2 Å². The second kappa shape index (κ2) is 6.48. The van der Waals surface area contributed by atoms with Crippen LogP contribution >= 0.6 is 0 Å². The molecule has 120 valence electrons. The second-order valence-electron chi connectivity index (χ2n) is 5.17. The Balaban J connectivity index is 2.03. The van der Waals surface area contributed by atoms with E-state index in [1.54, 1.807) is 0 Å². The van der Waals surface area contributed by atoms with Gasteiger partial charge in [-0.15, -0.1) is 10.2 Å². The van der Waals surface area contributed by atoms with Crippen molar-refractivity contribution in [2.24, 2.45) is 0 Å². The third-order valence-electron chi connectivity index (χ3n) is 3.52. The van der Waals surface area contributed by atoms with Crippen LogP contribution in [0.25, 0.3) is 0 Å². The zero-order valence-electron chi connectivity index (χ0n) is 12.7. The lowest BCUT2D eigenvalue weighted by atomic mass is 10.1. The van der Waals surface area contributed by atoms with Gasteiger partial charge in [0.15, 0.2) is 0 Å². The molecule has 0 fully saturated rings. The molecule has 1 heterocycles. The summed E-state index contributed by atoms with van der Waals surface area (Å²) in [6.45, 7) is 4.33. The largest absolute Gasteiger partial charge is 0.424 e. The van der Waals surface area contributed by atoms with Crippen LogP contribution in [0.15, 0.2) is 28.7 Å². The molecule has 0 aliphatic heterocycles. The van der Waals surface area contributed by atoms with Crippen LogP contribution in [0.5, 0.6) is 0 Å². The second-order valence-corrected chi connectivity index (χ2v) is 5.17. The zero-order chi connectivity index (χ0) is 16.3. The van der Waals surface area contributed by atoms with Crippen LogP contribution in [-0.2, 0) is 19.1 Å². The Morgan fingerprint density at radius 3 is 2.32 bits per heavy atom. The van der Waals surface area contributed by atoms with E-state index < -0.39 is 11.7 Å². The van der Waals surface area contributed by atoms with Gasteiger partial charge in [0.2, 0.25) is 11.8 Å². The minimum absolute atomic E-state index is 0.116. The topological polar surface area (TPSA) is 42.2 Å². The molecule has 7 heteroatoms. The molecule has 0 amide bonds. The van der Waals surface area contributed by atoms with Gasteiger partial charge in [-0.2, -0.15) is 13.2 Å². The van der Waals surface area contributed by atoms with E-state index in [-0.39, 0.29) is 6.04 Å². The minimum atomic E-state index is -4.31. The molecule has 4 nitrogen and oxygen atoms in total. The van der Waals surface area contributed by atoms with E-state index in [1.165, 1.54) is 12.1 Å². The highest BCUT2D eigenvalue weighted by atomic mass is 19.4. The molecule has 1 aromatic carbocycles. The average molecular weight is 313 g/mol. The summed E-state index contributed by atoms with van der Waals surface area (Å²) in [7, 11) is 1.86. The summed E-state index contributed by atoms with van der Waals surface area (Å²) in [6, 6.07) is 5.04. The number of nitrogens with zero attached hydrogens (tertiary/aromatic N) is 3. The average Bonchev–Trinajstić information content (AvgIpc) is 2.95. The molecule has 2 aromatic rings. The van der Waals surface area contributed by atoms with E-state index in [0.29, 0.717) is 24.7 Å². The lowest BCUT2D eigenvalue weighted by Gasteiger charge is -2.22. The van der Waals surface area contributed by atoms with Crippen molar-refractivity contribution in [3.8, 4) is 0 Å². The fraction of sp³-hybridized carbons (Fsp3) is 0.467. The molecular formula is C15H18F3N3O. The molecule has 0 saturated heterocycles. The summed E-state index contributed by atoms with van der Waals surface area (Å²) in [5, 5.41) is 7.90. The summed E-state index contributed by atoms with van der Waals surface area (Å²) < 4.78 is 43.1. The van der Waals surface area contributed by atoms with Crippen LogP contribution in [0, 0.1) is 0 Å². The number of rotatable bonds is 5. The van der Waals surface area contributed by atoms with E-state index in [2.05, 4.69) is 10.2 Å². The number of benzene rings is 1. The van der Waals surface area contributed by atoms with E-state index in [4.69, 9.17) is 4.42 Å². The van der Waals surface area contributed by atoms with Gasteiger partial charge in [-0.25, -0.2) is 0 Å². The van der Waals surface area contributed by atoms with Crippen molar-refractivity contribution in [1.82, 2.24) is 15.1 Å². The Labute approximate surface area is 127 Å². The van der Waals surface area contributed by atoms with E-state index in [1.807, 2.05) is 25.8 Å². The molecular weight excluding hydrogens is 295 g/mol. The van der Waals surface area contributed by atoms with Crippen LogP contribution in [0.3, 0.4) is 0 Å². The number of hydrogen-bond donors (Lipinski definition) is 0. The van der Waals surface area contributed by atoms with Crippen molar-refractivity contribution >= 4 is 0 Å². The summed E-state index contributed by atoms with van der Waals surface area (Å²) in [5.74, 6) is 1.08. The minimum Gasteiger partial charge on any atom is -0.424 e. The quantitative estimate of drug-likeness (QED) is 0.841. The Bertz CT molecular complexity index is 607. The first-order valence-electron chi connectivity index (χ1n) is 7.00. The van der Waals surface area contributed by atoms with Gasteiger partial charge >= 0.3 is 6.18 Å². The van der Waals surface area contributed by atoms with Crippen LogP contribution in [0.1, 0.15) is 42.8 Å². The van der Waals surface area contributed by atoms with Crippen molar-refractivity contribution in [2.75, 3.05) is 7.05 Å². The monoisotopic (exact) mass is 313 g/mol. The van der Waals surface area contributed by atoms with Gasteiger partial charge in [-0.1, -0.05) is 19.1 Å². The van der Waals surface area contributed by atoms with Crippen molar-refractivity contribution in [1.29, 1.82) is 0 Å². The Morgan fingerprint density at radius 2 is 1.82 bits per heavy atom. The molecule has 0 N–H and O–H groups in total. The molecule has 1 aromatic heterocycles. The van der Waals surface area contributed by atoms with Crippen LogP contribution < -0.4 is 0 Å². The maximum atomic E-state index is 12.5. The molecule has 22 heavy (non-hydrogen) atoms. The number of aromatic nitrogens is 2. The molecule has 2 rings (SSSR count). The lowest BCUT2D eigenvalue weighted by Crippen LogP contribution is -2.22. The highest BCUT2D eigenvalue weighted by molar-refractivity contribution is 5.24. The Hall–Kier alpha value is -1.89. The van der Waals surface area contributed by atoms with Gasteiger partial charge in [0, 0.05) is 13.0 Å².